The summed E-state index contributed by atoms with van der Waals surface area (Å²) in [6, 6.07) is 10.9. The Morgan fingerprint density at radius 3 is 2.95 bits per heavy atom. The zero-order valence-corrected chi connectivity index (χ0v) is 12.6. The van der Waals surface area contributed by atoms with E-state index < -0.39 is 0 Å². The first-order valence-electron chi connectivity index (χ1n) is 6.46. The van der Waals surface area contributed by atoms with E-state index in [1.54, 1.807) is 12.1 Å². The van der Waals surface area contributed by atoms with Gasteiger partial charge in [0.25, 0.3) is 0 Å². The molecule has 104 valence electrons. The zero-order chi connectivity index (χ0) is 14.1. The topological polar surface area (TPSA) is 18.5 Å². The first-order chi connectivity index (χ1) is 9.61. The second kappa shape index (κ2) is 5.44. The SMILES string of the molecule is Cc1ccc2c(c1)CC(COc1ccc(Br)c(F)c1)O2. The highest BCUT2D eigenvalue weighted by Crippen LogP contribution is 2.30. The highest BCUT2D eigenvalue weighted by atomic mass is 79.9. The quantitative estimate of drug-likeness (QED) is 0.832. The largest absolute Gasteiger partial charge is 0.490 e. The van der Waals surface area contributed by atoms with E-state index in [0.29, 0.717) is 16.8 Å². The Morgan fingerprint density at radius 1 is 1.30 bits per heavy atom. The van der Waals surface area contributed by atoms with Crippen LogP contribution < -0.4 is 9.47 Å². The Bertz CT molecular complexity index is 642. The fraction of sp³-hybridized carbons (Fsp3) is 0.250. The summed E-state index contributed by atoms with van der Waals surface area (Å²) in [5, 5.41) is 0. The highest BCUT2D eigenvalue weighted by Gasteiger charge is 2.23. The van der Waals surface area contributed by atoms with Gasteiger partial charge >= 0.3 is 0 Å². The van der Waals surface area contributed by atoms with Crippen molar-refractivity contribution in [3.05, 3.63) is 57.8 Å². The maximum atomic E-state index is 13.4. The summed E-state index contributed by atoms with van der Waals surface area (Å²) in [6.45, 7) is 2.48. The normalized spacial score (nSPS) is 16.6. The summed E-state index contributed by atoms with van der Waals surface area (Å²) in [5.74, 6) is 1.11. The number of halogens is 2. The zero-order valence-electron chi connectivity index (χ0n) is 11.0. The fourth-order valence-electron chi connectivity index (χ4n) is 2.30. The monoisotopic (exact) mass is 336 g/mol. The number of rotatable bonds is 3. The van der Waals surface area contributed by atoms with E-state index >= 15 is 0 Å². The summed E-state index contributed by atoms with van der Waals surface area (Å²) in [4.78, 5) is 0. The molecule has 0 saturated heterocycles. The first-order valence-corrected chi connectivity index (χ1v) is 7.25. The Kier molecular flexibility index (Phi) is 3.66. The number of aryl methyl sites for hydroxylation is 1. The second-order valence-corrected chi connectivity index (χ2v) is 5.80. The van der Waals surface area contributed by atoms with Gasteiger partial charge in [0.2, 0.25) is 0 Å². The van der Waals surface area contributed by atoms with Crippen LogP contribution in [0.3, 0.4) is 0 Å². The molecule has 1 heterocycles. The van der Waals surface area contributed by atoms with Crippen LogP contribution >= 0.6 is 15.9 Å². The summed E-state index contributed by atoms with van der Waals surface area (Å²) in [5.41, 5.74) is 2.43. The van der Waals surface area contributed by atoms with Gasteiger partial charge in [-0.15, -0.1) is 0 Å². The molecule has 2 aromatic carbocycles. The van der Waals surface area contributed by atoms with E-state index in [1.165, 1.54) is 17.2 Å². The molecule has 20 heavy (non-hydrogen) atoms. The lowest BCUT2D eigenvalue weighted by molar-refractivity contribution is 0.148. The molecule has 0 fully saturated rings. The molecule has 0 N–H and O–H groups in total. The van der Waals surface area contributed by atoms with Crippen LogP contribution in [0.2, 0.25) is 0 Å². The maximum Gasteiger partial charge on any atom is 0.141 e. The van der Waals surface area contributed by atoms with E-state index in [1.807, 2.05) is 12.1 Å². The van der Waals surface area contributed by atoms with Crippen LogP contribution in [0.4, 0.5) is 4.39 Å². The number of benzene rings is 2. The van der Waals surface area contributed by atoms with E-state index in [9.17, 15) is 4.39 Å². The molecule has 1 aliphatic heterocycles. The van der Waals surface area contributed by atoms with Crippen LogP contribution in [-0.2, 0) is 6.42 Å². The van der Waals surface area contributed by atoms with E-state index in [2.05, 4.69) is 28.9 Å². The Balaban J connectivity index is 1.62. The van der Waals surface area contributed by atoms with Gasteiger partial charge in [0.15, 0.2) is 0 Å². The Hall–Kier alpha value is -1.55. The summed E-state index contributed by atoms with van der Waals surface area (Å²) in [7, 11) is 0. The highest BCUT2D eigenvalue weighted by molar-refractivity contribution is 9.10. The van der Waals surface area contributed by atoms with Gasteiger partial charge < -0.3 is 9.47 Å². The van der Waals surface area contributed by atoms with Crippen molar-refractivity contribution in [3.8, 4) is 11.5 Å². The molecule has 0 radical (unpaired) electrons. The second-order valence-electron chi connectivity index (χ2n) is 4.94. The molecular formula is C16H14BrFO2. The van der Waals surface area contributed by atoms with Gasteiger partial charge in [-0.05, 0) is 46.6 Å². The molecule has 0 aliphatic carbocycles. The van der Waals surface area contributed by atoms with Gasteiger partial charge in [0.05, 0.1) is 4.47 Å². The van der Waals surface area contributed by atoms with Crippen molar-refractivity contribution in [2.45, 2.75) is 19.4 Å². The minimum absolute atomic E-state index is 0.0153. The summed E-state index contributed by atoms with van der Waals surface area (Å²) < 4.78 is 25.2. The molecule has 1 aliphatic rings. The van der Waals surface area contributed by atoms with Crippen LogP contribution in [0.5, 0.6) is 11.5 Å². The molecule has 0 amide bonds. The Morgan fingerprint density at radius 2 is 2.15 bits per heavy atom. The molecule has 2 nitrogen and oxygen atoms in total. The smallest absolute Gasteiger partial charge is 0.141 e. The molecule has 4 heteroatoms. The van der Waals surface area contributed by atoms with Crippen molar-refractivity contribution in [2.24, 2.45) is 0 Å². The predicted molar refractivity (Wildman–Crippen MR) is 78.9 cm³/mol. The predicted octanol–water partition coefficient (Wildman–Crippen LogP) is 4.28. The molecule has 1 unspecified atom stereocenters. The average Bonchev–Trinajstić information content (AvgIpc) is 2.82. The standard InChI is InChI=1S/C16H14BrFO2/c1-10-2-5-16-11(6-10)7-13(20-16)9-19-12-3-4-14(17)15(18)8-12/h2-6,8,13H,7,9H2,1H3. The molecule has 0 aromatic heterocycles. The van der Waals surface area contributed by atoms with E-state index in [4.69, 9.17) is 9.47 Å². The lowest BCUT2D eigenvalue weighted by Gasteiger charge is -2.12. The summed E-state index contributed by atoms with van der Waals surface area (Å²) >= 11 is 3.12. The molecule has 1 atom stereocenters. The third kappa shape index (κ3) is 2.80. The van der Waals surface area contributed by atoms with Crippen molar-refractivity contribution < 1.29 is 13.9 Å². The number of hydrogen-bond acceptors (Lipinski definition) is 2. The van der Waals surface area contributed by atoms with Crippen molar-refractivity contribution in [1.29, 1.82) is 0 Å². The van der Waals surface area contributed by atoms with Crippen LogP contribution in [0.1, 0.15) is 11.1 Å². The average molecular weight is 337 g/mol. The van der Waals surface area contributed by atoms with Gasteiger partial charge in [-0.25, -0.2) is 4.39 Å². The molecule has 0 spiro atoms. The van der Waals surface area contributed by atoms with Crippen molar-refractivity contribution in [2.75, 3.05) is 6.61 Å². The van der Waals surface area contributed by atoms with Crippen molar-refractivity contribution >= 4 is 15.9 Å². The lowest BCUT2D eigenvalue weighted by atomic mass is 10.1. The van der Waals surface area contributed by atoms with Gasteiger partial charge in [0.1, 0.15) is 30.0 Å². The van der Waals surface area contributed by atoms with Crippen LogP contribution in [0.15, 0.2) is 40.9 Å². The number of ether oxygens (including phenoxy) is 2. The van der Waals surface area contributed by atoms with Gasteiger partial charge in [-0.2, -0.15) is 0 Å². The van der Waals surface area contributed by atoms with Crippen LogP contribution in [-0.4, -0.2) is 12.7 Å². The molecule has 0 saturated carbocycles. The maximum absolute atomic E-state index is 13.4. The minimum Gasteiger partial charge on any atom is -0.490 e. The molecule has 0 bridgehead atoms. The van der Waals surface area contributed by atoms with E-state index in [-0.39, 0.29) is 11.9 Å². The van der Waals surface area contributed by atoms with Crippen LogP contribution in [0, 0.1) is 12.7 Å². The van der Waals surface area contributed by atoms with Gasteiger partial charge in [-0.1, -0.05) is 17.7 Å². The third-order valence-corrected chi connectivity index (χ3v) is 3.93. The van der Waals surface area contributed by atoms with E-state index in [0.717, 1.165) is 12.2 Å². The summed E-state index contributed by atoms with van der Waals surface area (Å²) in [6.07, 6.45) is 0.814. The Labute approximate surface area is 125 Å². The first kappa shape index (κ1) is 13.4. The van der Waals surface area contributed by atoms with Gasteiger partial charge in [-0.3, -0.25) is 0 Å². The molecule has 2 aromatic rings. The van der Waals surface area contributed by atoms with Crippen LogP contribution in [0.25, 0.3) is 0 Å². The van der Waals surface area contributed by atoms with Crippen molar-refractivity contribution in [1.82, 2.24) is 0 Å². The fourth-order valence-corrected chi connectivity index (χ4v) is 2.54. The molecular weight excluding hydrogens is 323 g/mol. The minimum atomic E-state index is -0.325. The van der Waals surface area contributed by atoms with Gasteiger partial charge in [0, 0.05) is 12.5 Å². The van der Waals surface area contributed by atoms with Crippen molar-refractivity contribution in [3.63, 3.8) is 0 Å². The number of hydrogen-bond donors (Lipinski definition) is 0. The number of fused-ring (bicyclic) bond motifs is 1. The lowest BCUT2D eigenvalue weighted by Crippen LogP contribution is -2.22. The molecule has 3 rings (SSSR count). The third-order valence-electron chi connectivity index (χ3n) is 3.28.